The maximum atomic E-state index is 10.9. The average Bonchev–Trinajstić information content (AvgIpc) is 2.55. The zero-order valence-corrected chi connectivity index (χ0v) is 9.25. The lowest BCUT2D eigenvalue weighted by molar-refractivity contribution is -0.385. The third-order valence-corrected chi connectivity index (χ3v) is 4.41. The van der Waals surface area contributed by atoms with Crippen LogP contribution in [-0.2, 0) is 10.1 Å². The van der Waals surface area contributed by atoms with Crippen LogP contribution in [0.1, 0.15) is 0 Å². The smallest absolute Gasteiger partial charge is 0.305 e. The molecule has 8 heteroatoms. The molecule has 2 rings (SSSR count). The lowest BCUT2D eigenvalue weighted by Gasteiger charge is -2.01. The van der Waals surface area contributed by atoms with E-state index in [9.17, 15) is 23.1 Å². The Kier molecular flexibility index (Phi) is 2.41. The number of benzene rings is 1. The Balaban J connectivity index is 2.95. The van der Waals surface area contributed by atoms with Gasteiger partial charge in [-0.1, -0.05) is 12.1 Å². The SMILES string of the molecule is O=[N+]([O-])c1c(S(=O)(=O)[O-])sc2ccccc12. The topological polar surface area (TPSA) is 100 Å². The summed E-state index contributed by atoms with van der Waals surface area (Å²) in [7, 11) is -4.81. The first kappa shape index (κ1) is 11.0. The number of fused-ring (bicyclic) bond motifs is 1. The van der Waals surface area contributed by atoms with Crippen molar-refractivity contribution in [3.63, 3.8) is 0 Å². The number of nitro groups is 1. The number of hydrogen-bond donors (Lipinski definition) is 0. The van der Waals surface area contributed by atoms with Gasteiger partial charge in [-0.3, -0.25) is 10.1 Å². The van der Waals surface area contributed by atoms with E-state index in [4.69, 9.17) is 0 Å². The average molecular weight is 258 g/mol. The Morgan fingerprint density at radius 2 is 1.88 bits per heavy atom. The van der Waals surface area contributed by atoms with Crippen LogP contribution in [0.25, 0.3) is 10.1 Å². The molecule has 0 aliphatic heterocycles. The van der Waals surface area contributed by atoms with Gasteiger partial charge in [-0.2, -0.15) is 0 Å². The predicted octanol–water partition coefficient (Wildman–Crippen LogP) is 1.71. The first-order chi connectivity index (χ1) is 7.41. The predicted molar refractivity (Wildman–Crippen MR) is 56.4 cm³/mol. The van der Waals surface area contributed by atoms with Crippen molar-refractivity contribution in [3.05, 3.63) is 34.4 Å². The molecule has 84 valence electrons. The van der Waals surface area contributed by atoms with Crippen molar-refractivity contribution in [3.8, 4) is 0 Å². The quantitative estimate of drug-likeness (QED) is 0.463. The van der Waals surface area contributed by atoms with Crippen LogP contribution in [0, 0.1) is 10.1 Å². The van der Waals surface area contributed by atoms with Gasteiger partial charge in [0, 0.05) is 4.70 Å². The van der Waals surface area contributed by atoms with Crippen LogP contribution < -0.4 is 0 Å². The molecule has 1 aromatic carbocycles. The lowest BCUT2D eigenvalue weighted by Crippen LogP contribution is -1.99. The van der Waals surface area contributed by atoms with Crippen molar-refractivity contribution in [2.45, 2.75) is 4.21 Å². The van der Waals surface area contributed by atoms with E-state index in [1.165, 1.54) is 12.1 Å². The second-order valence-corrected chi connectivity index (χ2v) is 5.57. The maximum absolute atomic E-state index is 10.9. The van der Waals surface area contributed by atoms with Gasteiger partial charge in [0.1, 0.15) is 10.1 Å². The van der Waals surface area contributed by atoms with Gasteiger partial charge in [-0.05, 0) is 12.1 Å². The van der Waals surface area contributed by atoms with Crippen molar-refractivity contribution in [1.82, 2.24) is 0 Å². The number of rotatable bonds is 2. The summed E-state index contributed by atoms with van der Waals surface area (Å²) in [6.45, 7) is 0. The van der Waals surface area contributed by atoms with E-state index in [0.717, 1.165) is 0 Å². The fraction of sp³-hybridized carbons (Fsp3) is 0. The van der Waals surface area contributed by atoms with Gasteiger partial charge in [0.2, 0.25) is 0 Å². The minimum Gasteiger partial charge on any atom is -0.743 e. The van der Waals surface area contributed by atoms with E-state index in [-0.39, 0.29) is 5.39 Å². The van der Waals surface area contributed by atoms with Crippen LogP contribution in [0.4, 0.5) is 5.69 Å². The second-order valence-electron chi connectivity index (χ2n) is 2.95. The minimum absolute atomic E-state index is 0.173. The molecule has 1 heterocycles. The van der Waals surface area contributed by atoms with Crippen molar-refractivity contribution < 1.29 is 17.9 Å². The minimum atomic E-state index is -4.81. The number of nitrogens with zero attached hydrogens (tertiary/aromatic N) is 1. The van der Waals surface area contributed by atoms with Gasteiger partial charge in [0.15, 0.2) is 4.21 Å². The van der Waals surface area contributed by atoms with Crippen molar-refractivity contribution in [1.29, 1.82) is 0 Å². The molecule has 0 bridgehead atoms. The Bertz CT molecular complexity index is 673. The molecule has 0 spiro atoms. The van der Waals surface area contributed by atoms with Crippen LogP contribution in [0.5, 0.6) is 0 Å². The van der Waals surface area contributed by atoms with E-state index in [2.05, 4.69) is 0 Å². The molecule has 2 aromatic rings. The Labute approximate surface area is 94.0 Å². The molecule has 0 fully saturated rings. The third-order valence-electron chi connectivity index (χ3n) is 1.95. The monoisotopic (exact) mass is 258 g/mol. The van der Waals surface area contributed by atoms with Crippen molar-refractivity contribution in [2.24, 2.45) is 0 Å². The van der Waals surface area contributed by atoms with Gasteiger partial charge >= 0.3 is 5.69 Å². The Morgan fingerprint density at radius 1 is 1.25 bits per heavy atom. The molecule has 0 aliphatic carbocycles. The second kappa shape index (κ2) is 3.51. The Hall–Kier alpha value is -1.51. The van der Waals surface area contributed by atoms with E-state index in [1.54, 1.807) is 12.1 Å². The summed E-state index contributed by atoms with van der Waals surface area (Å²) in [6.07, 6.45) is 0. The van der Waals surface area contributed by atoms with Crippen LogP contribution in [0.15, 0.2) is 28.5 Å². The van der Waals surface area contributed by atoms with Gasteiger partial charge < -0.3 is 4.55 Å². The zero-order valence-electron chi connectivity index (χ0n) is 7.61. The number of thiophene rings is 1. The number of hydrogen-bond acceptors (Lipinski definition) is 6. The van der Waals surface area contributed by atoms with Crippen LogP contribution in [-0.4, -0.2) is 17.9 Å². The summed E-state index contributed by atoms with van der Waals surface area (Å²) in [5.74, 6) is 0. The van der Waals surface area contributed by atoms with Crippen molar-refractivity contribution in [2.75, 3.05) is 0 Å². The molecule has 1 aromatic heterocycles. The molecule has 0 unspecified atom stereocenters. The summed E-state index contributed by atoms with van der Waals surface area (Å²) < 4.78 is 32.3. The molecule has 0 N–H and O–H groups in total. The van der Waals surface area contributed by atoms with E-state index >= 15 is 0 Å². The molecule has 6 nitrogen and oxygen atoms in total. The lowest BCUT2D eigenvalue weighted by atomic mass is 10.2. The van der Waals surface area contributed by atoms with Crippen LogP contribution >= 0.6 is 11.3 Å². The highest BCUT2D eigenvalue weighted by atomic mass is 32.3. The van der Waals surface area contributed by atoms with Crippen LogP contribution in [0.3, 0.4) is 0 Å². The molecule has 0 radical (unpaired) electrons. The molecule has 0 atom stereocenters. The fourth-order valence-corrected chi connectivity index (χ4v) is 3.35. The van der Waals surface area contributed by atoms with Crippen molar-refractivity contribution >= 4 is 37.2 Å². The van der Waals surface area contributed by atoms with Gasteiger partial charge in [0.05, 0.1) is 10.3 Å². The first-order valence-electron chi connectivity index (χ1n) is 4.03. The van der Waals surface area contributed by atoms with Gasteiger partial charge in [-0.15, -0.1) is 11.3 Å². The highest BCUT2D eigenvalue weighted by molar-refractivity contribution is 7.88. The molecule has 16 heavy (non-hydrogen) atoms. The molecule has 0 saturated carbocycles. The highest BCUT2D eigenvalue weighted by Gasteiger charge is 2.25. The molecule has 0 aliphatic rings. The van der Waals surface area contributed by atoms with E-state index in [1.807, 2.05) is 0 Å². The maximum Gasteiger partial charge on any atom is 0.305 e. The van der Waals surface area contributed by atoms with E-state index in [0.29, 0.717) is 16.0 Å². The summed E-state index contributed by atoms with van der Waals surface area (Å²) in [4.78, 5) is 9.91. The van der Waals surface area contributed by atoms with Gasteiger partial charge in [-0.25, -0.2) is 8.42 Å². The summed E-state index contributed by atoms with van der Waals surface area (Å²) in [5.41, 5.74) is -0.629. The van der Waals surface area contributed by atoms with E-state index < -0.39 is 24.9 Å². The molecule has 0 saturated heterocycles. The normalized spacial score (nSPS) is 11.8. The molecular weight excluding hydrogens is 254 g/mol. The van der Waals surface area contributed by atoms with Crippen LogP contribution in [0.2, 0.25) is 0 Å². The highest BCUT2D eigenvalue weighted by Crippen LogP contribution is 2.39. The molecule has 0 amide bonds. The fourth-order valence-electron chi connectivity index (χ4n) is 1.35. The van der Waals surface area contributed by atoms with Gasteiger partial charge in [0.25, 0.3) is 0 Å². The zero-order chi connectivity index (χ0) is 11.9. The molecular formula is C8H4NO5S2-. The summed E-state index contributed by atoms with van der Waals surface area (Å²) in [5, 5.41) is 10.9. The standard InChI is InChI=1S/C8H5NO5S2/c10-9(11)7-5-3-1-2-4-6(5)15-8(7)16(12,13)14/h1-4H,(H,12,13,14)/p-1. The Morgan fingerprint density at radius 3 is 2.44 bits per heavy atom. The third kappa shape index (κ3) is 1.66. The first-order valence-corrected chi connectivity index (χ1v) is 6.25. The summed E-state index contributed by atoms with van der Waals surface area (Å²) in [6, 6.07) is 6.10. The largest absolute Gasteiger partial charge is 0.743 e. The summed E-state index contributed by atoms with van der Waals surface area (Å²) >= 11 is 0.617.